The van der Waals surface area contributed by atoms with Crippen molar-refractivity contribution in [2.75, 3.05) is 13.2 Å². The summed E-state index contributed by atoms with van der Waals surface area (Å²) in [5, 5.41) is 0. The number of hydrogen-bond acceptors (Lipinski definition) is 6. The third kappa shape index (κ3) is 67.1. The van der Waals surface area contributed by atoms with Crippen molar-refractivity contribution in [1.29, 1.82) is 0 Å². The largest absolute Gasteiger partial charge is 0.462 e. The summed E-state index contributed by atoms with van der Waals surface area (Å²) in [5.41, 5.74) is 0. The van der Waals surface area contributed by atoms with Crippen LogP contribution in [0.25, 0.3) is 0 Å². The van der Waals surface area contributed by atoms with Crippen LogP contribution < -0.4 is 0 Å². The summed E-state index contributed by atoms with van der Waals surface area (Å²) in [6, 6.07) is 0. The molecule has 6 nitrogen and oxygen atoms in total. The third-order valence-electron chi connectivity index (χ3n) is 17.1. The van der Waals surface area contributed by atoms with E-state index in [1.807, 2.05) is 0 Å². The predicted octanol–water partition coefficient (Wildman–Crippen LogP) is 25.0. The Bertz CT molecular complexity index is 1190. The van der Waals surface area contributed by atoms with Gasteiger partial charge in [-0.05, 0) is 19.3 Å². The zero-order valence-electron chi connectivity index (χ0n) is 54.2. The van der Waals surface area contributed by atoms with Crippen molar-refractivity contribution in [2.45, 2.75) is 438 Å². The molecule has 0 bridgehead atoms. The molecule has 0 rings (SSSR count). The molecule has 0 radical (unpaired) electrons. The fraction of sp³-hybridized carbons (Fsp3) is 0.959. The van der Waals surface area contributed by atoms with E-state index in [9.17, 15) is 14.4 Å². The van der Waals surface area contributed by atoms with Crippen LogP contribution in [-0.4, -0.2) is 37.2 Å². The van der Waals surface area contributed by atoms with Gasteiger partial charge in [-0.2, -0.15) is 0 Å². The van der Waals surface area contributed by atoms with Gasteiger partial charge in [-0.3, -0.25) is 14.4 Å². The molecule has 0 fully saturated rings. The van der Waals surface area contributed by atoms with Crippen LogP contribution in [0.15, 0.2) is 0 Å². The maximum Gasteiger partial charge on any atom is 0.306 e. The van der Waals surface area contributed by atoms with Gasteiger partial charge in [0.25, 0.3) is 0 Å². The maximum atomic E-state index is 12.9. The number of carbonyl (C=O) groups excluding carboxylic acids is 3. The molecule has 6 heteroatoms. The molecule has 0 aliphatic rings. The van der Waals surface area contributed by atoms with Gasteiger partial charge in [0, 0.05) is 19.3 Å². The van der Waals surface area contributed by atoms with E-state index >= 15 is 0 Å². The number of ether oxygens (including phenoxy) is 3. The molecule has 0 aromatic heterocycles. The Morgan fingerprint density at radius 2 is 0.342 bits per heavy atom. The fourth-order valence-corrected chi connectivity index (χ4v) is 11.6. The molecule has 1 unspecified atom stereocenters. The average molecular weight is 1120 g/mol. The highest BCUT2D eigenvalue weighted by Gasteiger charge is 2.20. The fourth-order valence-electron chi connectivity index (χ4n) is 11.6. The molecule has 0 saturated heterocycles. The maximum absolute atomic E-state index is 12.9. The Morgan fingerprint density at radius 3 is 0.506 bits per heavy atom. The van der Waals surface area contributed by atoms with Crippen molar-refractivity contribution in [3.63, 3.8) is 0 Å². The molecule has 0 aliphatic heterocycles. The second-order valence-electron chi connectivity index (χ2n) is 25.2. The predicted molar refractivity (Wildman–Crippen MR) is 344 cm³/mol. The first-order valence-electron chi connectivity index (χ1n) is 36.5. The summed E-state index contributed by atoms with van der Waals surface area (Å²) >= 11 is 0. The van der Waals surface area contributed by atoms with Gasteiger partial charge < -0.3 is 14.2 Å². The number of hydrogen-bond donors (Lipinski definition) is 0. The second-order valence-corrected chi connectivity index (χ2v) is 25.2. The molecule has 0 spiro atoms. The van der Waals surface area contributed by atoms with E-state index in [0.29, 0.717) is 19.3 Å². The van der Waals surface area contributed by atoms with Crippen molar-refractivity contribution >= 4 is 17.9 Å². The van der Waals surface area contributed by atoms with Gasteiger partial charge in [0.1, 0.15) is 13.2 Å². The zero-order valence-corrected chi connectivity index (χ0v) is 54.2. The normalized spacial score (nSPS) is 11.9. The standard InChI is InChI=1S/C73H142O6/c1-4-7-10-13-16-19-21-23-25-27-29-31-32-33-34-35-36-37-38-39-40-41-43-44-46-48-50-52-54-57-60-63-66-72(75)78-69-70(68-77-71(74)65-62-59-56-18-15-12-9-6-3)79-73(76)67-64-61-58-55-53-51-49-47-45-42-30-28-26-24-22-20-17-14-11-8-5-2/h70H,4-69H2,1-3H3. The van der Waals surface area contributed by atoms with Crippen LogP contribution in [0.3, 0.4) is 0 Å². The zero-order chi connectivity index (χ0) is 57.1. The van der Waals surface area contributed by atoms with Crippen LogP contribution in [0, 0.1) is 0 Å². The lowest BCUT2D eigenvalue weighted by molar-refractivity contribution is -0.167. The Morgan fingerprint density at radius 1 is 0.203 bits per heavy atom. The Hall–Kier alpha value is -1.59. The van der Waals surface area contributed by atoms with Crippen LogP contribution in [0.5, 0.6) is 0 Å². The van der Waals surface area contributed by atoms with Crippen molar-refractivity contribution in [2.24, 2.45) is 0 Å². The summed E-state index contributed by atoms with van der Waals surface area (Å²) in [7, 11) is 0. The van der Waals surface area contributed by atoms with Crippen LogP contribution >= 0.6 is 0 Å². The summed E-state index contributed by atoms with van der Waals surface area (Å²) < 4.78 is 16.9. The summed E-state index contributed by atoms with van der Waals surface area (Å²) in [6.07, 6.45) is 81.8. The number of unbranched alkanes of at least 4 members (excludes halogenated alkanes) is 58. The molecular weight excluding hydrogens is 973 g/mol. The molecule has 1 atom stereocenters. The first-order chi connectivity index (χ1) is 39.0. The first kappa shape index (κ1) is 77.4. The van der Waals surface area contributed by atoms with Gasteiger partial charge in [-0.1, -0.05) is 393 Å². The van der Waals surface area contributed by atoms with Gasteiger partial charge in [0.2, 0.25) is 0 Å². The number of esters is 3. The lowest BCUT2D eigenvalue weighted by Crippen LogP contribution is -2.30. The van der Waals surface area contributed by atoms with E-state index in [1.54, 1.807) is 0 Å². The van der Waals surface area contributed by atoms with Gasteiger partial charge in [-0.15, -0.1) is 0 Å². The van der Waals surface area contributed by atoms with E-state index in [1.165, 1.54) is 334 Å². The molecular formula is C73H142O6. The monoisotopic (exact) mass is 1120 g/mol. The minimum Gasteiger partial charge on any atom is -0.462 e. The highest BCUT2D eigenvalue weighted by atomic mass is 16.6. The van der Waals surface area contributed by atoms with Gasteiger partial charge in [-0.25, -0.2) is 0 Å². The van der Waals surface area contributed by atoms with Gasteiger partial charge in [0.15, 0.2) is 6.10 Å². The minimum absolute atomic E-state index is 0.0610. The van der Waals surface area contributed by atoms with E-state index in [2.05, 4.69) is 20.8 Å². The van der Waals surface area contributed by atoms with Crippen molar-refractivity contribution < 1.29 is 28.6 Å². The molecule has 0 N–H and O–H groups in total. The second kappa shape index (κ2) is 68.9. The van der Waals surface area contributed by atoms with Crippen LogP contribution in [-0.2, 0) is 28.6 Å². The quantitative estimate of drug-likeness (QED) is 0.0343. The Kier molecular flexibility index (Phi) is 67.5. The summed E-state index contributed by atoms with van der Waals surface area (Å²) in [6.45, 7) is 6.71. The van der Waals surface area contributed by atoms with E-state index in [0.717, 1.165) is 57.8 Å². The smallest absolute Gasteiger partial charge is 0.306 e. The van der Waals surface area contributed by atoms with Crippen molar-refractivity contribution in [1.82, 2.24) is 0 Å². The molecule has 470 valence electrons. The van der Waals surface area contributed by atoms with Crippen LogP contribution in [0.4, 0.5) is 0 Å². The highest BCUT2D eigenvalue weighted by molar-refractivity contribution is 5.71. The highest BCUT2D eigenvalue weighted by Crippen LogP contribution is 2.20. The topological polar surface area (TPSA) is 78.9 Å². The SMILES string of the molecule is CCCCCCCCCCCCCCCCCCCCCCCCCCCCCCCCCCC(=O)OCC(COC(=O)CCCCCCCCCC)OC(=O)CCCCCCCCCCCCCCCCCCCCCCC. The van der Waals surface area contributed by atoms with Crippen molar-refractivity contribution in [3.8, 4) is 0 Å². The van der Waals surface area contributed by atoms with E-state index < -0.39 is 6.10 Å². The Balaban J connectivity index is 3.97. The number of carbonyl (C=O) groups is 3. The lowest BCUT2D eigenvalue weighted by Gasteiger charge is -2.18. The van der Waals surface area contributed by atoms with E-state index in [-0.39, 0.29) is 31.1 Å². The molecule has 0 amide bonds. The minimum atomic E-state index is -0.762. The molecule has 0 heterocycles. The third-order valence-corrected chi connectivity index (χ3v) is 17.1. The van der Waals surface area contributed by atoms with Gasteiger partial charge >= 0.3 is 17.9 Å². The Labute approximate surface area is 495 Å². The summed E-state index contributed by atoms with van der Waals surface area (Å²) in [5.74, 6) is -0.829. The van der Waals surface area contributed by atoms with Gasteiger partial charge in [0.05, 0.1) is 0 Å². The molecule has 0 saturated carbocycles. The summed E-state index contributed by atoms with van der Waals surface area (Å²) in [4.78, 5) is 38.2. The molecule has 79 heavy (non-hydrogen) atoms. The van der Waals surface area contributed by atoms with E-state index in [4.69, 9.17) is 14.2 Å². The average Bonchev–Trinajstić information content (AvgIpc) is 3.45. The van der Waals surface area contributed by atoms with Crippen molar-refractivity contribution in [3.05, 3.63) is 0 Å². The van der Waals surface area contributed by atoms with Crippen LogP contribution in [0.2, 0.25) is 0 Å². The molecule has 0 aromatic carbocycles. The lowest BCUT2D eigenvalue weighted by atomic mass is 10.0. The number of rotatable bonds is 69. The molecule has 0 aromatic rings. The van der Waals surface area contributed by atoms with Crippen LogP contribution in [0.1, 0.15) is 432 Å². The first-order valence-corrected chi connectivity index (χ1v) is 36.5. The molecule has 0 aliphatic carbocycles.